The number of rotatable bonds is 2. The molecule has 0 radical (unpaired) electrons. The fourth-order valence-corrected chi connectivity index (χ4v) is 1.27. The van der Waals surface area contributed by atoms with Crippen LogP contribution in [-0.4, -0.2) is 12.7 Å². The second-order valence-electron chi connectivity index (χ2n) is 3.16. The summed E-state index contributed by atoms with van der Waals surface area (Å²) >= 11 is 5.36. The van der Waals surface area contributed by atoms with E-state index in [2.05, 4.69) is 0 Å². The van der Waals surface area contributed by atoms with E-state index in [9.17, 15) is 26.3 Å². The lowest BCUT2D eigenvalue weighted by molar-refractivity contribution is -0.137. The van der Waals surface area contributed by atoms with E-state index in [1.54, 1.807) is 5.32 Å². The molecule has 0 saturated carbocycles. The van der Waals surface area contributed by atoms with Crippen LogP contribution in [0.1, 0.15) is 5.56 Å². The van der Waals surface area contributed by atoms with E-state index in [1.807, 2.05) is 0 Å². The molecule has 0 heterocycles. The molecule has 0 amide bonds. The van der Waals surface area contributed by atoms with Gasteiger partial charge in [-0.05, 0) is 18.2 Å². The third-order valence-electron chi connectivity index (χ3n) is 1.77. The van der Waals surface area contributed by atoms with Crippen LogP contribution in [0.15, 0.2) is 18.2 Å². The van der Waals surface area contributed by atoms with Gasteiger partial charge in [-0.2, -0.15) is 26.3 Å². The summed E-state index contributed by atoms with van der Waals surface area (Å²) in [5.41, 5.74) is -1.88. The molecule has 96 valence electrons. The maximum atomic E-state index is 12.5. The van der Waals surface area contributed by atoms with Gasteiger partial charge in [0.05, 0.1) is 5.56 Å². The van der Waals surface area contributed by atoms with Crippen LogP contribution in [-0.2, 0) is 6.18 Å². The van der Waals surface area contributed by atoms with Crippen LogP contribution >= 0.6 is 11.6 Å². The Hall–Kier alpha value is -1.11. The van der Waals surface area contributed by atoms with Gasteiger partial charge in [0.15, 0.2) is 0 Å². The van der Waals surface area contributed by atoms with Crippen LogP contribution in [0.4, 0.5) is 32.0 Å². The van der Waals surface area contributed by atoms with Crippen molar-refractivity contribution < 1.29 is 26.3 Å². The van der Waals surface area contributed by atoms with Crippen molar-refractivity contribution in [3.8, 4) is 0 Å². The molecule has 0 bridgehead atoms. The number of nitrogens with one attached hydrogen (secondary N) is 1. The summed E-state index contributed by atoms with van der Waals surface area (Å²) in [6, 6.07) is 2.51. The average Bonchev–Trinajstić information content (AvgIpc) is 2.13. The fourth-order valence-electron chi connectivity index (χ4n) is 1.10. The topological polar surface area (TPSA) is 12.0 Å². The maximum absolute atomic E-state index is 12.5. The molecule has 0 aliphatic heterocycles. The van der Waals surface area contributed by atoms with E-state index < -0.39 is 30.1 Å². The van der Waals surface area contributed by atoms with Crippen LogP contribution < -0.4 is 5.32 Å². The molecule has 8 heteroatoms. The molecule has 0 aliphatic rings. The molecule has 0 fully saturated rings. The Bertz CT molecular complexity index is 397. The fraction of sp³-hybridized carbons (Fsp3) is 0.333. The summed E-state index contributed by atoms with van der Waals surface area (Å²) in [6.07, 6.45) is -9.36. The van der Waals surface area contributed by atoms with E-state index in [0.29, 0.717) is 6.07 Å². The first kappa shape index (κ1) is 14.0. The molecule has 1 aromatic carbocycles. The van der Waals surface area contributed by atoms with Gasteiger partial charge >= 0.3 is 12.4 Å². The second kappa shape index (κ2) is 4.64. The van der Waals surface area contributed by atoms with Crippen LogP contribution in [0.3, 0.4) is 0 Å². The van der Waals surface area contributed by atoms with Crippen LogP contribution in [0, 0.1) is 0 Å². The largest absolute Gasteiger partial charge is 0.418 e. The van der Waals surface area contributed by atoms with Crippen molar-refractivity contribution in [1.29, 1.82) is 0 Å². The molecule has 0 unspecified atom stereocenters. The summed E-state index contributed by atoms with van der Waals surface area (Å²) in [4.78, 5) is 0. The van der Waals surface area contributed by atoms with Crippen molar-refractivity contribution in [2.45, 2.75) is 12.4 Å². The van der Waals surface area contributed by atoms with Crippen molar-refractivity contribution in [3.05, 3.63) is 28.8 Å². The Labute approximate surface area is 97.4 Å². The Morgan fingerprint density at radius 3 is 2.12 bits per heavy atom. The summed E-state index contributed by atoms with van der Waals surface area (Å²) in [5, 5.41) is 1.48. The maximum Gasteiger partial charge on any atom is 0.418 e. The lowest BCUT2D eigenvalue weighted by Gasteiger charge is -2.15. The summed E-state index contributed by atoms with van der Waals surface area (Å²) in [7, 11) is 0. The third kappa shape index (κ3) is 4.33. The molecule has 1 nitrogen and oxygen atoms in total. The lowest BCUT2D eigenvalue weighted by atomic mass is 10.1. The minimum atomic E-state index is -4.77. The van der Waals surface area contributed by atoms with Crippen LogP contribution in [0.25, 0.3) is 0 Å². The van der Waals surface area contributed by atoms with E-state index in [1.165, 1.54) is 0 Å². The quantitative estimate of drug-likeness (QED) is 0.793. The predicted octanol–water partition coefficient (Wildman–Crippen LogP) is 4.33. The summed E-state index contributed by atoms with van der Waals surface area (Å²) < 4.78 is 73.0. The molecular formula is C9H6ClF6N. The zero-order valence-corrected chi connectivity index (χ0v) is 8.84. The van der Waals surface area contributed by atoms with Gasteiger partial charge in [0.25, 0.3) is 0 Å². The molecule has 1 N–H and O–H groups in total. The zero-order chi connectivity index (χ0) is 13.3. The molecule has 1 rings (SSSR count). The molecule has 0 atom stereocenters. The van der Waals surface area contributed by atoms with Gasteiger partial charge in [0.1, 0.15) is 6.54 Å². The van der Waals surface area contributed by atoms with Crippen molar-refractivity contribution in [1.82, 2.24) is 0 Å². The Morgan fingerprint density at radius 2 is 1.65 bits per heavy atom. The standard InChI is InChI=1S/C9H6ClF6N/c10-5-1-2-7(17-4-8(11,12)13)6(3-5)9(14,15)16/h1-3,17H,4H2. The molecule has 17 heavy (non-hydrogen) atoms. The van der Waals surface area contributed by atoms with Gasteiger partial charge in [-0.15, -0.1) is 0 Å². The normalized spacial score (nSPS) is 12.6. The molecular weight excluding hydrogens is 272 g/mol. The van der Waals surface area contributed by atoms with Crippen molar-refractivity contribution >= 4 is 17.3 Å². The first-order valence-corrected chi connectivity index (χ1v) is 4.65. The van der Waals surface area contributed by atoms with Gasteiger partial charge in [-0.25, -0.2) is 0 Å². The number of halogens is 7. The zero-order valence-electron chi connectivity index (χ0n) is 8.08. The second-order valence-corrected chi connectivity index (χ2v) is 3.59. The highest BCUT2D eigenvalue weighted by atomic mass is 35.5. The van der Waals surface area contributed by atoms with E-state index in [4.69, 9.17) is 11.6 Å². The van der Waals surface area contributed by atoms with Crippen LogP contribution in [0.2, 0.25) is 5.02 Å². The van der Waals surface area contributed by atoms with Crippen LogP contribution in [0.5, 0.6) is 0 Å². The smallest absolute Gasteiger partial charge is 0.376 e. The number of hydrogen-bond acceptors (Lipinski definition) is 1. The number of benzene rings is 1. The molecule has 0 aliphatic carbocycles. The molecule has 1 aromatic rings. The van der Waals surface area contributed by atoms with Gasteiger partial charge in [0.2, 0.25) is 0 Å². The predicted molar refractivity (Wildman–Crippen MR) is 51.0 cm³/mol. The van der Waals surface area contributed by atoms with Gasteiger partial charge in [-0.3, -0.25) is 0 Å². The lowest BCUT2D eigenvalue weighted by Crippen LogP contribution is -2.23. The summed E-state index contributed by atoms with van der Waals surface area (Å²) in [6.45, 7) is -1.54. The van der Waals surface area contributed by atoms with Gasteiger partial charge in [0, 0.05) is 10.7 Å². The highest BCUT2D eigenvalue weighted by molar-refractivity contribution is 6.30. The highest BCUT2D eigenvalue weighted by Crippen LogP contribution is 2.36. The summed E-state index contributed by atoms with van der Waals surface area (Å²) in [5.74, 6) is 0. The Balaban J connectivity index is 2.99. The Kier molecular flexibility index (Phi) is 3.81. The number of alkyl halides is 6. The van der Waals surface area contributed by atoms with E-state index in [-0.39, 0.29) is 5.02 Å². The first-order valence-electron chi connectivity index (χ1n) is 4.27. The number of anilines is 1. The highest BCUT2D eigenvalue weighted by Gasteiger charge is 2.35. The third-order valence-corrected chi connectivity index (χ3v) is 2.00. The minimum absolute atomic E-state index is 0.199. The molecule has 0 aromatic heterocycles. The number of hydrogen-bond donors (Lipinski definition) is 1. The van der Waals surface area contributed by atoms with Gasteiger partial charge < -0.3 is 5.32 Å². The van der Waals surface area contributed by atoms with Crippen molar-refractivity contribution in [2.75, 3.05) is 11.9 Å². The van der Waals surface area contributed by atoms with Crippen molar-refractivity contribution in [3.63, 3.8) is 0 Å². The minimum Gasteiger partial charge on any atom is -0.376 e. The monoisotopic (exact) mass is 277 g/mol. The average molecular weight is 278 g/mol. The Morgan fingerprint density at radius 1 is 1.06 bits per heavy atom. The van der Waals surface area contributed by atoms with E-state index >= 15 is 0 Å². The van der Waals surface area contributed by atoms with E-state index in [0.717, 1.165) is 12.1 Å². The molecule has 0 spiro atoms. The van der Waals surface area contributed by atoms with Crippen molar-refractivity contribution in [2.24, 2.45) is 0 Å². The van der Waals surface area contributed by atoms with Gasteiger partial charge in [-0.1, -0.05) is 11.6 Å². The first-order chi connectivity index (χ1) is 7.59. The SMILES string of the molecule is FC(F)(F)CNc1ccc(Cl)cc1C(F)(F)F. The molecule has 0 saturated heterocycles.